The third kappa shape index (κ3) is 3.76. The molecule has 0 bridgehead atoms. The van der Waals surface area contributed by atoms with Crippen LogP contribution in [-0.4, -0.2) is 42.8 Å². The second-order valence-corrected chi connectivity index (χ2v) is 6.23. The van der Waals surface area contributed by atoms with Gasteiger partial charge in [-0.05, 0) is 31.4 Å². The Bertz CT molecular complexity index is 451. The minimum atomic E-state index is -0.0162. The maximum atomic E-state index is 6.30. The highest BCUT2D eigenvalue weighted by molar-refractivity contribution is 6.31. The van der Waals surface area contributed by atoms with Gasteiger partial charge in [0.1, 0.15) is 0 Å². The lowest BCUT2D eigenvalue weighted by atomic mass is 9.83. The average molecular weight is 312 g/mol. The maximum absolute atomic E-state index is 6.30. The van der Waals surface area contributed by atoms with E-state index in [2.05, 4.69) is 30.2 Å². The summed E-state index contributed by atoms with van der Waals surface area (Å²) < 4.78 is 5.48. The van der Waals surface area contributed by atoms with E-state index in [0.29, 0.717) is 0 Å². The highest BCUT2D eigenvalue weighted by Crippen LogP contribution is 2.28. The van der Waals surface area contributed by atoms with Gasteiger partial charge >= 0.3 is 0 Å². The second-order valence-electron chi connectivity index (χ2n) is 5.82. The Hall–Kier alpha value is -0.650. The summed E-state index contributed by atoms with van der Waals surface area (Å²) in [5, 5.41) is 0.804. The normalized spacial score (nSPS) is 21.0. The number of rotatable bonds is 6. The molecule has 0 radical (unpaired) electrons. The number of nitrogens with zero attached hydrogens (tertiary/aromatic N) is 1. The van der Waals surface area contributed by atoms with Crippen molar-refractivity contribution in [2.24, 2.45) is 5.84 Å². The van der Waals surface area contributed by atoms with Crippen molar-refractivity contribution >= 4 is 11.6 Å². The summed E-state index contributed by atoms with van der Waals surface area (Å²) in [4.78, 5) is 2.48. The zero-order valence-electron chi connectivity index (χ0n) is 12.9. The first-order valence-electron chi connectivity index (χ1n) is 7.64. The minimum absolute atomic E-state index is 0.0162. The van der Waals surface area contributed by atoms with Gasteiger partial charge in [-0.1, -0.05) is 36.7 Å². The van der Waals surface area contributed by atoms with Gasteiger partial charge in [0.25, 0.3) is 0 Å². The molecule has 2 rings (SSSR count). The predicted molar refractivity (Wildman–Crippen MR) is 87.4 cm³/mol. The summed E-state index contributed by atoms with van der Waals surface area (Å²) in [6.07, 6.45) is 1.84. The van der Waals surface area contributed by atoms with Crippen molar-refractivity contribution in [2.75, 3.05) is 26.3 Å². The van der Waals surface area contributed by atoms with Crippen LogP contribution >= 0.6 is 11.6 Å². The molecule has 1 heterocycles. The Labute approximate surface area is 132 Å². The van der Waals surface area contributed by atoms with Crippen molar-refractivity contribution in [3.8, 4) is 0 Å². The Morgan fingerprint density at radius 1 is 1.38 bits per heavy atom. The molecule has 1 saturated heterocycles. The van der Waals surface area contributed by atoms with Gasteiger partial charge in [0.2, 0.25) is 0 Å². The van der Waals surface area contributed by atoms with Gasteiger partial charge in [-0.2, -0.15) is 0 Å². The number of morpholine rings is 1. The Morgan fingerprint density at radius 3 is 2.62 bits per heavy atom. The summed E-state index contributed by atoms with van der Waals surface area (Å²) in [5.74, 6) is 5.89. The van der Waals surface area contributed by atoms with E-state index in [9.17, 15) is 0 Å². The van der Waals surface area contributed by atoms with Crippen molar-refractivity contribution in [3.05, 3.63) is 34.9 Å². The summed E-state index contributed by atoms with van der Waals surface area (Å²) in [5.41, 5.74) is 4.14. The molecule has 0 amide bonds. The lowest BCUT2D eigenvalue weighted by molar-refractivity contribution is -0.0322. The van der Waals surface area contributed by atoms with Crippen LogP contribution in [0.1, 0.15) is 25.8 Å². The van der Waals surface area contributed by atoms with E-state index >= 15 is 0 Å². The molecule has 0 saturated carbocycles. The van der Waals surface area contributed by atoms with Crippen molar-refractivity contribution < 1.29 is 4.74 Å². The maximum Gasteiger partial charge on any atom is 0.0594 e. The van der Waals surface area contributed by atoms with E-state index in [0.717, 1.165) is 49.7 Å². The first-order chi connectivity index (χ1) is 10.1. The Balaban J connectivity index is 2.18. The third-order valence-electron chi connectivity index (χ3n) is 4.78. The van der Waals surface area contributed by atoms with Crippen molar-refractivity contribution in [3.63, 3.8) is 0 Å². The quantitative estimate of drug-likeness (QED) is 0.625. The number of hydrazine groups is 1. The number of nitrogens with two attached hydrogens (primary N) is 1. The van der Waals surface area contributed by atoms with Gasteiger partial charge in [0, 0.05) is 29.7 Å². The fourth-order valence-electron chi connectivity index (χ4n) is 3.11. The van der Waals surface area contributed by atoms with Crippen molar-refractivity contribution in [1.29, 1.82) is 0 Å². The zero-order chi connectivity index (χ0) is 15.3. The number of benzene rings is 1. The lowest BCUT2D eigenvalue weighted by Crippen LogP contribution is -2.63. The molecule has 4 nitrogen and oxygen atoms in total. The van der Waals surface area contributed by atoms with Crippen molar-refractivity contribution in [1.82, 2.24) is 10.3 Å². The van der Waals surface area contributed by atoms with Crippen LogP contribution < -0.4 is 11.3 Å². The highest BCUT2D eigenvalue weighted by Gasteiger charge is 2.38. The van der Waals surface area contributed by atoms with E-state index in [4.69, 9.17) is 22.2 Å². The Morgan fingerprint density at radius 2 is 2.05 bits per heavy atom. The van der Waals surface area contributed by atoms with E-state index < -0.39 is 0 Å². The molecule has 118 valence electrons. The lowest BCUT2D eigenvalue weighted by Gasteiger charge is -2.47. The monoisotopic (exact) mass is 311 g/mol. The van der Waals surface area contributed by atoms with Crippen LogP contribution in [0.25, 0.3) is 0 Å². The molecule has 1 aliphatic heterocycles. The minimum Gasteiger partial charge on any atom is -0.379 e. The van der Waals surface area contributed by atoms with Gasteiger partial charge in [0.05, 0.1) is 13.2 Å². The molecule has 5 heteroatoms. The van der Waals surface area contributed by atoms with Crippen LogP contribution in [0.5, 0.6) is 0 Å². The van der Waals surface area contributed by atoms with Gasteiger partial charge in [0.15, 0.2) is 0 Å². The molecule has 2 atom stereocenters. The summed E-state index contributed by atoms with van der Waals surface area (Å²) >= 11 is 6.30. The summed E-state index contributed by atoms with van der Waals surface area (Å²) in [7, 11) is 0. The SMILES string of the molecule is CCC(C)(C(Cc1ccccc1Cl)NN)N1CCOCC1. The number of hydrogen-bond acceptors (Lipinski definition) is 4. The van der Waals surface area contributed by atoms with Crippen molar-refractivity contribution in [2.45, 2.75) is 38.3 Å². The number of halogens is 1. The first-order valence-corrected chi connectivity index (χ1v) is 8.02. The number of ether oxygens (including phenoxy) is 1. The molecular formula is C16H26ClN3O. The molecule has 1 aromatic rings. The van der Waals surface area contributed by atoms with Crippen LogP contribution in [0, 0.1) is 0 Å². The van der Waals surface area contributed by atoms with E-state index in [1.807, 2.05) is 18.2 Å². The molecule has 1 aliphatic rings. The molecule has 0 spiro atoms. The smallest absolute Gasteiger partial charge is 0.0594 e. The van der Waals surface area contributed by atoms with E-state index in [1.165, 1.54) is 0 Å². The number of hydrogen-bond donors (Lipinski definition) is 2. The molecule has 1 aromatic carbocycles. The third-order valence-corrected chi connectivity index (χ3v) is 5.15. The molecule has 2 unspecified atom stereocenters. The number of nitrogens with one attached hydrogen (secondary N) is 1. The molecule has 0 aromatic heterocycles. The van der Waals surface area contributed by atoms with Crippen LogP contribution in [0.3, 0.4) is 0 Å². The summed E-state index contributed by atoms with van der Waals surface area (Å²) in [6, 6.07) is 8.12. The molecule has 3 N–H and O–H groups in total. The van der Waals surface area contributed by atoms with Gasteiger partial charge < -0.3 is 4.74 Å². The van der Waals surface area contributed by atoms with Gasteiger partial charge in [-0.3, -0.25) is 16.2 Å². The molecular weight excluding hydrogens is 286 g/mol. The van der Waals surface area contributed by atoms with Gasteiger partial charge in [-0.25, -0.2) is 0 Å². The summed E-state index contributed by atoms with van der Waals surface area (Å²) in [6.45, 7) is 7.97. The Kier molecular flexibility index (Phi) is 6.02. The van der Waals surface area contributed by atoms with Crippen LogP contribution in [-0.2, 0) is 11.2 Å². The zero-order valence-corrected chi connectivity index (χ0v) is 13.7. The second kappa shape index (κ2) is 7.56. The largest absolute Gasteiger partial charge is 0.379 e. The van der Waals surface area contributed by atoms with Crippen LogP contribution in [0.4, 0.5) is 0 Å². The van der Waals surface area contributed by atoms with E-state index in [-0.39, 0.29) is 11.6 Å². The average Bonchev–Trinajstić information content (AvgIpc) is 2.54. The van der Waals surface area contributed by atoms with E-state index in [1.54, 1.807) is 0 Å². The molecule has 1 fully saturated rings. The van der Waals surface area contributed by atoms with Gasteiger partial charge in [-0.15, -0.1) is 0 Å². The predicted octanol–water partition coefficient (Wildman–Crippen LogP) is 2.22. The first kappa shape index (κ1) is 16.7. The standard InChI is InChI=1S/C16H26ClN3O/c1-3-16(2,20-8-10-21-11-9-20)15(19-18)12-13-6-4-5-7-14(13)17/h4-7,15,19H,3,8-12,18H2,1-2H3. The molecule has 21 heavy (non-hydrogen) atoms. The molecule has 0 aliphatic carbocycles. The van der Waals surface area contributed by atoms with Crippen LogP contribution in [0.15, 0.2) is 24.3 Å². The topological polar surface area (TPSA) is 50.5 Å². The highest BCUT2D eigenvalue weighted by atomic mass is 35.5. The van der Waals surface area contributed by atoms with Crippen LogP contribution in [0.2, 0.25) is 5.02 Å². The fraction of sp³-hybridized carbons (Fsp3) is 0.625. The fourth-order valence-corrected chi connectivity index (χ4v) is 3.32.